The second-order valence-electron chi connectivity index (χ2n) is 10.6. The molecule has 0 aromatic heterocycles. The molecule has 0 saturated heterocycles. The Kier molecular flexibility index (Phi) is 39.0. The molecule has 1 nitrogen and oxygen atoms in total. The minimum absolute atomic E-state index is 0.292. The molecular weight excluding hydrogens is 569 g/mol. The van der Waals surface area contributed by atoms with E-state index < -0.39 is 0 Å². The molecule has 3 aromatic carbocycles. The van der Waals surface area contributed by atoms with Crippen LogP contribution in [0.2, 0.25) is 0 Å². The zero-order chi connectivity index (χ0) is 37.1. The van der Waals surface area contributed by atoms with Crippen LogP contribution >= 0.6 is 0 Å². The van der Waals surface area contributed by atoms with Crippen molar-refractivity contribution in [2.24, 2.45) is 11.8 Å². The normalized spacial score (nSPS) is 16.1. The van der Waals surface area contributed by atoms with Gasteiger partial charge in [-0.05, 0) is 59.9 Å². The fraction of sp³-hybridized carbons (Fsp3) is 0.522. The highest BCUT2D eigenvalue weighted by Gasteiger charge is 2.44. The number of hydrogen-bond donors (Lipinski definition) is 1. The Labute approximate surface area is 295 Å². The molecule has 0 amide bonds. The second-order valence-corrected chi connectivity index (χ2v) is 10.6. The highest BCUT2D eigenvalue weighted by atomic mass is 16.3. The van der Waals surface area contributed by atoms with E-state index in [1.165, 1.54) is 47.6 Å². The zero-order valence-electron chi connectivity index (χ0n) is 34.0. The van der Waals surface area contributed by atoms with Gasteiger partial charge in [0.05, 0.1) is 5.60 Å². The number of aliphatic hydroxyl groups is 1. The van der Waals surface area contributed by atoms with Crippen LogP contribution in [-0.4, -0.2) is 10.7 Å². The van der Waals surface area contributed by atoms with Gasteiger partial charge in [0.15, 0.2) is 0 Å². The van der Waals surface area contributed by atoms with E-state index >= 15 is 0 Å². The summed E-state index contributed by atoms with van der Waals surface area (Å²) in [6, 6.07) is 25.3. The standard InChI is InChI=1S/C18H14.C9H14.C5H10O.C4H10.5C2H6/c1-2-7-15(8-3-1)13-14-17-11-6-10-16-9-4-5-12-18(16)17;1-8(2)9-6-4-3-5-7-9;1-4-3-5(4,2)6;1-3-4-2;5*1-2/h1-14H;3-4,6,8H,5,7H2,1-2H3;4,6H,3H2,1-2H3;3-4H2,1-2H3;5*1-2H3/b14-13+;;;;;;;;. The summed E-state index contributed by atoms with van der Waals surface area (Å²) in [6.45, 7) is 32.8. The fourth-order valence-electron chi connectivity index (χ4n) is 3.81. The lowest BCUT2D eigenvalue weighted by Crippen LogP contribution is -1.99. The number of benzene rings is 3. The SMILES string of the molecule is C(=C\c1cccc2ccccc12)/c1ccccc1.CC.CC.CC.CC.CC.CC(C)C1=CC=CCC1.CC1CC1(C)O.CCCC. The van der Waals surface area contributed by atoms with E-state index in [4.69, 9.17) is 5.11 Å². The van der Waals surface area contributed by atoms with E-state index in [9.17, 15) is 0 Å². The third-order valence-electron chi connectivity index (χ3n) is 6.99. The van der Waals surface area contributed by atoms with E-state index in [0.717, 1.165) is 12.3 Å². The van der Waals surface area contributed by atoms with Gasteiger partial charge in [0.2, 0.25) is 0 Å². The molecule has 2 atom stereocenters. The highest BCUT2D eigenvalue weighted by Crippen LogP contribution is 2.41. The van der Waals surface area contributed by atoms with Crippen LogP contribution in [0.4, 0.5) is 0 Å². The Balaban J connectivity index is -0.000000270. The maximum atomic E-state index is 8.90. The lowest BCUT2D eigenvalue weighted by atomic mass is 9.95. The topological polar surface area (TPSA) is 20.2 Å². The van der Waals surface area contributed by atoms with Crippen molar-refractivity contribution in [3.05, 3.63) is 108 Å². The zero-order valence-corrected chi connectivity index (χ0v) is 34.0. The van der Waals surface area contributed by atoms with Crippen molar-refractivity contribution in [3.63, 3.8) is 0 Å². The van der Waals surface area contributed by atoms with Gasteiger partial charge in [-0.3, -0.25) is 0 Å². The lowest BCUT2D eigenvalue weighted by Gasteiger charge is -2.11. The quantitative estimate of drug-likeness (QED) is 0.280. The van der Waals surface area contributed by atoms with Gasteiger partial charge in [0, 0.05) is 0 Å². The second kappa shape index (κ2) is 35.9. The monoisotopic (exact) mass is 647 g/mol. The summed E-state index contributed by atoms with van der Waals surface area (Å²) in [4.78, 5) is 0. The molecule has 0 heterocycles. The molecule has 2 unspecified atom stereocenters. The summed E-state index contributed by atoms with van der Waals surface area (Å²) in [6.07, 6.45) is 17.1. The first-order valence-electron chi connectivity index (χ1n) is 19.1. The van der Waals surface area contributed by atoms with Gasteiger partial charge in [-0.2, -0.15) is 0 Å². The molecule has 1 N–H and O–H groups in total. The van der Waals surface area contributed by atoms with E-state index in [1.54, 1.807) is 5.57 Å². The first kappa shape index (κ1) is 50.9. The molecule has 1 saturated carbocycles. The number of fused-ring (bicyclic) bond motifs is 1. The van der Waals surface area contributed by atoms with E-state index in [0.29, 0.717) is 5.92 Å². The largest absolute Gasteiger partial charge is 0.390 e. The van der Waals surface area contributed by atoms with Gasteiger partial charge in [-0.15, -0.1) is 0 Å². The summed E-state index contributed by atoms with van der Waals surface area (Å²) in [7, 11) is 0. The molecule has 0 radical (unpaired) electrons. The maximum Gasteiger partial charge on any atom is 0.0649 e. The number of unbranched alkanes of at least 4 members (excludes halogenated alkanes) is 1. The molecule has 0 bridgehead atoms. The summed E-state index contributed by atoms with van der Waals surface area (Å²) < 4.78 is 0. The Bertz CT molecular complexity index is 1120. The van der Waals surface area contributed by atoms with Crippen LogP contribution in [0.1, 0.15) is 154 Å². The van der Waals surface area contributed by atoms with Gasteiger partial charge in [-0.25, -0.2) is 0 Å². The minimum atomic E-state index is -0.292. The molecule has 3 aromatic rings. The molecule has 268 valence electrons. The molecule has 5 rings (SSSR count). The smallest absolute Gasteiger partial charge is 0.0649 e. The van der Waals surface area contributed by atoms with Gasteiger partial charge in [0.25, 0.3) is 0 Å². The summed E-state index contributed by atoms with van der Waals surface area (Å²) in [5.74, 6) is 1.30. The predicted octanol–water partition coefficient (Wildman–Crippen LogP) is 15.6. The van der Waals surface area contributed by atoms with Crippen LogP contribution in [0.3, 0.4) is 0 Å². The van der Waals surface area contributed by atoms with E-state index in [1.807, 2.05) is 82.2 Å². The third kappa shape index (κ3) is 25.8. The van der Waals surface area contributed by atoms with Crippen LogP contribution in [0, 0.1) is 11.8 Å². The molecule has 1 heteroatoms. The maximum absolute atomic E-state index is 8.90. The lowest BCUT2D eigenvalue weighted by molar-refractivity contribution is 0.155. The van der Waals surface area contributed by atoms with Gasteiger partial charge in [-0.1, -0.05) is 225 Å². The molecular formula is C46H78O. The van der Waals surface area contributed by atoms with Crippen molar-refractivity contribution in [2.45, 2.75) is 148 Å². The van der Waals surface area contributed by atoms with Gasteiger partial charge >= 0.3 is 0 Å². The van der Waals surface area contributed by atoms with Crippen LogP contribution in [0.5, 0.6) is 0 Å². The van der Waals surface area contributed by atoms with Crippen LogP contribution < -0.4 is 0 Å². The van der Waals surface area contributed by atoms with E-state index in [2.05, 4.69) is 132 Å². The minimum Gasteiger partial charge on any atom is -0.390 e. The van der Waals surface area contributed by atoms with Crippen molar-refractivity contribution in [2.75, 3.05) is 0 Å². The molecule has 2 aliphatic rings. The van der Waals surface area contributed by atoms with Crippen molar-refractivity contribution in [3.8, 4) is 0 Å². The van der Waals surface area contributed by atoms with E-state index in [-0.39, 0.29) is 5.60 Å². The van der Waals surface area contributed by atoms with Crippen LogP contribution in [-0.2, 0) is 0 Å². The molecule has 0 aliphatic heterocycles. The summed E-state index contributed by atoms with van der Waals surface area (Å²) in [5.41, 5.74) is 3.79. The highest BCUT2D eigenvalue weighted by molar-refractivity contribution is 5.92. The number of hydrogen-bond acceptors (Lipinski definition) is 1. The Morgan fingerprint density at radius 1 is 0.723 bits per heavy atom. The third-order valence-corrected chi connectivity index (χ3v) is 6.99. The summed E-state index contributed by atoms with van der Waals surface area (Å²) in [5, 5.41) is 11.5. The summed E-state index contributed by atoms with van der Waals surface area (Å²) >= 11 is 0. The van der Waals surface area contributed by atoms with Crippen LogP contribution in [0.15, 0.2) is 96.6 Å². The van der Waals surface area contributed by atoms with Gasteiger partial charge in [0.1, 0.15) is 0 Å². The average molecular weight is 647 g/mol. The number of rotatable bonds is 4. The van der Waals surface area contributed by atoms with Crippen molar-refractivity contribution < 1.29 is 5.11 Å². The van der Waals surface area contributed by atoms with Crippen molar-refractivity contribution in [1.82, 2.24) is 0 Å². The first-order valence-corrected chi connectivity index (χ1v) is 19.1. The van der Waals surface area contributed by atoms with Gasteiger partial charge < -0.3 is 5.11 Å². The van der Waals surface area contributed by atoms with Crippen molar-refractivity contribution in [1.29, 1.82) is 0 Å². The van der Waals surface area contributed by atoms with Crippen LogP contribution in [0.25, 0.3) is 22.9 Å². The molecule has 0 spiro atoms. The fourth-order valence-corrected chi connectivity index (χ4v) is 3.81. The molecule has 1 fully saturated rings. The predicted molar refractivity (Wildman–Crippen MR) is 222 cm³/mol. The first-order chi connectivity index (χ1) is 22.8. The Morgan fingerprint density at radius 3 is 1.60 bits per heavy atom. The molecule has 47 heavy (non-hydrogen) atoms. The van der Waals surface area contributed by atoms with Crippen molar-refractivity contribution >= 4 is 22.9 Å². The molecule has 2 aliphatic carbocycles. The number of allylic oxidation sites excluding steroid dienone is 4. The Hall–Kier alpha value is -2.90. The average Bonchev–Trinajstić information content (AvgIpc) is 3.74. The Morgan fingerprint density at radius 2 is 1.19 bits per heavy atom.